The van der Waals surface area contributed by atoms with Crippen molar-refractivity contribution < 1.29 is 19.1 Å². The number of rotatable bonds is 6. The lowest BCUT2D eigenvalue weighted by Gasteiger charge is -2.16. The molecule has 0 spiro atoms. The summed E-state index contributed by atoms with van der Waals surface area (Å²) in [5, 5.41) is 5.72. The summed E-state index contributed by atoms with van der Waals surface area (Å²) in [7, 11) is 1.27. The van der Waals surface area contributed by atoms with Gasteiger partial charge >= 0.3 is 5.97 Å². The minimum absolute atomic E-state index is 0.254. The van der Waals surface area contributed by atoms with Crippen molar-refractivity contribution in [1.82, 2.24) is 10.3 Å². The van der Waals surface area contributed by atoms with Gasteiger partial charge in [-0.25, -0.2) is 4.79 Å². The first-order valence-corrected chi connectivity index (χ1v) is 8.70. The predicted molar refractivity (Wildman–Crippen MR) is 99.2 cm³/mol. The summed E-state index contributed by atoms with van der Waals surface area (Å²) in [5.41, 5.74) is 0.294. The van der Waals surface area contributed by atoms with Gasteiger partial charge in [0.25, 0.3) is 0 Å². The highest BCUT2D eigenvalue weighted by Crippen LogP contribution is 2.47. The van der Waals surface area contributed by atoms with Gasteiger partial charge in [0.05, 0.1) is 23.4 Å². The van der Waals surface area contributed by atoms with Gasteiger partial charge in [0.2, 0.25) is 11.8 Å². The van der Waals surface area contributed by atoms with Crippen LogP contribution in [0.3, 0.4) is 0 Å². The number of carbonyl (C=O) groups excluding carboxylic acids is 3. The van der Waals surface area contributed by atoms with E-state index in [4.69, 9.17) is 11.6 Å². The summed E-state index contributed by atoms with van der Waals surface area (Å²) in [6.07, 6.45) is 4.18. The van der Waals surface area contributed by atoms with Gasteiger partial charge in [0.1, 0.15) is 5.41 Å². The zero-order valence-corrected chi connectivity index (χ0v) is 15.4. The Bertz CT molecular complexity index is 882. The highest BCUT2D eigenvalue weighted by Gasteiger charge is 2.56. The molecule has 0 radical (unpaired) electrons. The summed E-state index contributed by atoms with van der Waals surface area (Å²) in [6, 6.07) is 8.00. The van der Waals surface area contributed by atoms with Gasteiger partial charge in [0.15, 0.2) is 0 Å². The molecule has 8 heteroatoms. The van der Waals surface area contributed by atoms with Crippen LogP contribution in [0.25, 0.3) is 0 Å². The minimum Gasteiger partial charge on any atom is -0.465 e. The molecular formula is C19H18ClN3O4. The van der Waals surface area contributed by atoms with Crippen molar-refractivity contribution in [1.29, 1.82) is 0 Å². The van der Waals surface area contributed by atoms with Crippen LogP contribution in [-0.2, 0) is 20.9 Å². The van der Waals surface area contributed by atoms with Crippen molar-refractivity contribution in [2.24, 2.45) is 5.41 Å². The minimum atomic E-state index is -1.11. The number of carbonyl (C=O) groups is 3. The quantitative estimate of drug-likeness (QED) is 0.586. The summed E-state index contributed by atoms with van der Waals surface area (Å²) in [4.78, 5) is 40.8. The molecule has 1 aromatic heterocycles. The molecule has 27 heavy (non-hydrogen) atoms. The number of nitrogens with zero attached hydrogens (tertiary/aromatic N) is 1. The fourth-order valence-corrected chi connectivity index (χ4v) is 2.81. The third kappa shape index (κ3) is 4.09. The second kappa shape index (κ2) is 7.75. The van der Waals surface area contributed by atoms with Crippen molar-refractivity contribution in [3.8, 4) is 0 Å². The van der Waals surface area contributed by atoms with Gasteiger partial charge < -0.3 is 15.4 Å². The Morgan fingerprint density at radius 2 is 1.85 bits per heavy atom. The zero-order chi connectivity index (χ0) is 19.4. The smallest absolute Gasteiger partial charge is 0.337 e. The third-order valence-electron chi connectivity index (χ3n) is 4.46. The first kappa shape index (κ1) is 18.8. The average Bonchev–Trinajstić information content (AvgIpc) is 3.50. The molecule has 1 heterocycles. The van der Waals surface area contributed by atoms with Gasteiger partial charge in [-0.05, 0) is 48.7 Å². The molecule has 1 fully saturated rings. The summed E-state index contributed by atoms with van der Waals surface area (Å²) < 4.78 is 4.66. The summed E-state index contributed by atoms with van der Waals surface area (Å²) in [6.45, 7) is 0.314. The number of anilines is 1. The van der Waals surface area contributed by atoms with Gasteiger partial charge in [0, 0.05) is 18.9 Å². The van der Waals surface area contributed by atoms with Gasteiger partial charge in [-0.1, -0.05) is 11.6 Å². The maximum absolute atomic E-state index is 12.7. The van der Waals surface area contributed by atoms with E-state index in [1.165, 1.54) is 25.3 Å². The fourth-order valence-electron chi connectivity index (χ4n) is 2.64. The van der Waals surface area contributed by atoms with E-state index in [0.29, 0.717) is 19.4 Å². The number of hydrogen-bond donors (Lipinski definition) is 2. The Morgan fingerprint density at radius 3 is 2.48 bits per heavy atom. The van der Waals surface area contributed by atoms with E-state index in [2.05, 4.69) is 20.4 Å². The highest BCUT2D eigenvalue weighted by atomic mass is 35.5. The van der Waals surface area contributed by atoms with E-state index >= 15 is 0 Å². The van der Waals surface area contributed by atoms with E-state index in [1.807, 2.05) is 0 Å². The third-order valence-corrected chi connectivity index (χ3v) is 4.79. The van der Waals surface area contributed by atoms with Crippen molar-refractivity contribution in [2.75, 3.05) is 12.4 Å². The van der Waals surface area contributed by atoms with Crippen LogP contribution in [0.1, 0.15) is 28.8 Å². The van der Waals surface area contributed by atoms with Crippen molar-refractivity contribution in [3.63, 3.8) is 0 Å². The van der Waals surface area contributed by atoms with Crippen molar-refractivity contribution in [2.45, 2.75) is 19.4 Å². The molecule has 7 nitrogen and oxygen atoms in total. The maximum Gasteiger partial charge on any atom is 0.337 e. The summed E-state index contributed by atoms with van der Waals surface area (Å²) in [5.74, 6) is -1.32. The molecule has 2 amide bonds. The number of hydrogen-bond acceptors (Lipinski definition) is 5. The number of amides is 2. The van der Waals surface area contributed by atoms with Crippen LogP contribution in [0.5, 0.6) is 0 Å². The number of ether oxygens (including phenoxy) is 1. The number of halogens is 1. The number of benzene rings is 1. The van der Waals surface area contributed by atoms with Gasteiger partial charge in [-0.3, -0.25) is 14.6 Å². The monoisotopic (exact) mass is 387 g/mol. The topological polar surface area (TPSA) is 97.4 Å². The first-order valence-electron chi connectivity index (χ1n) is 8.33. The Balaban J connectivity index is 1.68. The van der Waals surface area contributed by atoms with Crippen LogP contribution in [-0.4, -0.2) is 29.9 Å². The molecule has 1 aromatic carbocycles. The lowest BCUT2D eigenvalue weighted by Crippen LogP contribution is -2.39. The lowest BCUT2D eigenvalue weighted by atomic mass is 10.0. The Morgan fingerprint density at radius 1 is 1.15 bits per heavy atom. The van der Waals surface area contributed by atoms with Crippen LogP contribution in [0.2, 0.25) is 5.02 Å². The van der Waals surface area contributed by atoms with E-state index in [0.717, 1.165) is 5.56 Å². The largest absolute Gasteiger partial charge is 0.465 e. The molecule has 0 saturated heterocycles. The number of pyridine rings is 1. The van der Waals surface area contributed by atoms with E-state index in [1.54, 1.807) is 24.5 Å². The molecule has 2 aromatic rings. The second-order valence-corrected chi connectivity index (χ2v) is 6.67. The normalized spacial score (nSPS) is 14.1. The molecule has 1 aliphatic rings. The van der Waals surface area contributed by atoms with Crippen molar-refractivity contribution >= 4 is 35.1 Å². The maximum atomic E-state index is 12.7. The van der Waals surface area contributed by atoms with E-state index < -0.39 is 17.3 Å². The second-order valence-electron chi connectivity index (χ2n) is 6.26. The number of nitrogens with one attached hydrogen (secondary N) is 2. The summed E-state index contributed by atoms with van der Waals surface area (Å²) >= 11 is 6.11. The number of esters is 1. The molecule has 2 N–H and O–H groups in total. The average molecular weight is 388 g/mol. The standard InChI is InChI=1S/C19H18ClN3O4/c1-27-16(24)13-2-3-14(20)15(10-13)23-18(26)19(6-7-19)17(25)22-11-12-4-8-21-9-5-12/h2-5,8-10H,6-7,11H2,1H3,(H,22,25)(H,23,26). The van der Waals surface area contributed by atoms with Crippen LogP contribution in [0.4, 0.5) is 5.69 Å². The molecule has 0 bridgehead atoms. The zero-order valence-electron chi connectivity index (χ0n) is 14.6. The van der Waals surface area contributed by atoms with E-state index in [-0.39, 0.29) is 22.2 Å². The molecular weight excluding hydrogens is 370 g/mol. The fraction of sp³-hybridized carbons (Fsp3) is 0.263. The highest BCUT2D eigenvalue weighted by molar-refractivity contribution is 6.34. The SMILES string of the molecule is COC(=O)c1ccc(Cl)c(NC(=O)C2(C(=O)NCc3ccncc3)CC2)c1. The first-order chi connectivity index (χ1) is 13.0. The molecule has 0 atom stereocenters. The van der Waals surface area contributed by atoms with Gasteiger partial charge in [-0.2, -0.15) is 0 Å². The lowest BCUT2D eigenvalue weighted by molar-refractivity contribution is -0.134. The molecule has 0 aliphatic heterocycles. The van der Waals surface area contributed by atoms with Crippen LogP contribution >= 0.6 is 11.6 Å². The van der Waals surface area contributed by atoms with Gasteiger partial charge in [-0.15, -0.1) is 0 Å². The predicted octanol–water partition coefficient (Wildman–Crippen LogP) is 2.56. The van der Waals surface area contributed by atoms with Crippen LogP contribution < -0.4 is 10.6 Å². The molecule has 1 aliphatic carbocycles. The van der Waals surface area contributed by atoms with Crippen molar-refractivity contribution in [3.05, 3.63) is 58.9 Å². The Hall–Kier alpha value is -2.93. The van der Waals surface area contributed by atoms with E-state index in [9.17, 15) is 14.4 Å². The number of aromatic nitrogens is 1. The molecule has 3 rings (SSSR count). The molecule has 140 valence electrons. The van der Waals surface area contributed by atoms with Crippen LogP contribution in [0, 0.1) is 5.41 Å². The number of methoxy groups -OCH3 is 1. The Kier molecular flexibility index (Phi) is 5.41. The molecule has 0 unspecified atom stereocenters. The molecule has 1 saturated carbocycles. The van der Waals surface area contributed by atoms with Crippen LogP contribution in [0.15, 0.2) is 42.7 Å². The Labute approximate surface area is 161 Å².